The number of hydrogen-bond donors (Lipinski definition) is 3. The number of benzene rings is 1. The molecule has 5 heteroatoms. The minimum atomic E-state index is 0.0522. The molecule has 0 aliphatic rings. The van der Waals surface area contributed by atoms with E-state index < -0.39 is 0 Å². The van der Waals surface area contributed by atoms with Gasteiger partial charge in [-0.1, -0.05) is 25.1 Å². The Labute approximate surface area is 114 Å². The van der Waals surface area contributed by atoms with E-state index in [0.717, 1.165) is 24.9 Å². The van der Waals surface area contributed by atoms with E-state index >= 15 is 0 Å². The minimum absolute atomic E-state index is 0.0522. The lowest BCUT2D eigenvalue weighted by Gasteiger charge is -2.15. The van der Waals surface area contributed by atoms with Crippen molar-refractivity contribution in [3.8, 4) is 5.75 Å². The molecule has 0 aliphatic heterocycles. The molecule has 0 radical (unpaired) electrons. The van der Waals surface area contributed by atoms with Gasteiger partial charge in [0.1, 0.15) is 5.75 Å². The van der Waals surface area contributed by atoms with Gasteiger partial charge in [-0.2, -0.15) is 0 Å². The van der Waals surface area contributed by atoms with Crippen LogP contribution in [0.2, 0.25) is 0 Å². The lowest BCUT2D eigenvalue weighted by atomic mass is 10.1. The molecule has 0 unspecified atom stereocenters. The first-order valence-electron chi connectivity index (χ1n) is 6.54. The Morgan fingerprint density at radius 1 is 1.42 bits per heavy atom. The molecule has 4 N–H and O–H groups in total. The van der Waals surface area contributed by atoms with E-state index in [0.29, 0.717) is 17.4 Å². The number of hydrogen-bond acceptors (Lipinski definition) is 4. The van der Waals surface area contributed by atoms with Gasteiger partial charge in [-0.3, -0.25) is 0 Å². The minimum Gasteiger partial charge on any atom is -0.496 e. The topological polar surface area (TPSA) is 79.9 Å². The van der Waals surface area contributed by atoms with Crippen LogP contribution in [0.5, 0.6) is 5.75 Å². The van der Waals surface area contributed by atoms with Crippen molar-refractivity contribution in [3.05, 3.63) is 29.3 Å². The van der Waals surface area contributed by atoms with Crippen LogP contribution in [0.4, 0.5) is 0 Å². The zero-order valence-corrected chi connectivity index (χ0v) is 11.8. The highest BCUT2D eigenvalue weighted by atomic mass is 16.5. The molecule has 0 bridgehead atoms. The van der Waals surface area contributed by atoms with Gasteiger partial charge in [0.15, 0.2) is 5.84 Å². The van der Waals surface area contributed by atoms with Gasteiger partial charge in [0, 0.05) is 12.6 Å². The number of nitrogens with zero attached hydrogens (tertiary/aromatic N) is 1. The fraction of sp³-hybridized carbons (Fsp3) is 0.500. The molecule has 0 heterocycles. The molecule has 0 aliphatic carbocycles. The molecule has 1 aromatic rings. The van der Waals surface area contributed by atoms with Crippen molar-refractivity contribution in [2.24, 2.45) is 10.9 Å². The summed E-state index contributed by atoms with van der Waals surface area (Å²) in [5.74, 6) is 0.662. The number of oxime groups is 1. The van der Waals surface area contributed by atoms with Crippen molar-refractivity contribution in [1.82, 2.24) is 5.32 Å². The molecule has 1 rings (SSSR count). The summed E-state index contributed by atoms with van der Waals surface area (Å²) in [5, 5.41) is 15.2. The summed E-state index contributed by atoms with van der Waals surface area (Å²) in [5.41, 5.74) is 7.29. The third-order valence-electron chi connectivity index (χ3n) is 3.23. The first kappa shape index (κ1) is 15.3. The van der Waals surface area contributed by atoms with Crippen molar-refractivity contribution >= 4 is 5.84 Å². The molecule has 5 nitrogen and oxygen atoms in total. The Balaban J connectivity index is 2.82. The van der Waals surface area contributed by atoms with Crippen LogP contribution in [-0.4, -0.2) is 24.2 Å². The second-order valence-corrected chi connectivity index (χ2v) is 4.41. The smallest absolute Gasteiger partial charge is 0.173 e. The molecule has 1 aromatic carbocycles. The highest BCUT2D eigenvalue weighted by molar-refractivity contribution is 5.99. The van der Waals surface area contributed by atoms with Crippen LogP contribution in [0.1, 0.15) is 37.8 Å². The zero-order chi connectivity index (χ0) is 14.3. The van der Waals surface area contributed by atoms with Crippen LogP contribution >= 0.6 is 0 Å². The Morgan fingerprint density at radius 3 is 2.63 bits per heavy atom. The van der Waals surface area contributed by atoms with Gasteiger partial charge in [-0.05, 0) is 30.5 Å². The van der Waals surface area contributed by atoms with E-state index in [1.54, 1.807) is 13.2 Å². The molecule has 106 valence electrons. The quantitative estimate of drug-likeness (QED) is 0.305. The number of methoxy groups -OCH3 is 1. The SMILES string of the molecule is CCC(CC)NCc1ccc(/C(N)=N/O)c(OC)c1. The van der Waals surface area contributed by atoms with E-state index in [-0.39, 0.29) is 5.84 Å². The van der Waals surface area contributed by atoms with Gasteiger partial charge in [0.05, 0.1) is 12.7 Å². The predicted octanol–water partition coefficient (Wildman–Crippen LogP) is 2.07. The number of amidine groups is 1. The summed E-state index contributed by atoms with van der Waals surface area (Å²) in [6, 6.07) is 6.18. The molecule has 0 fully saturated rings. The maximum atomic E-state index is 8.71. The average Bonchev–Trinajstić information content (AvgIpc) is 2.47. The lowest BCUT2D eigenvalue weighted by Crippen LogP contribution is -2.27. The second kappa shape index (κ2) is 7.63. The standard InChI is InChI=1S/C14H23N3O2/c1-4-11(5-2)16-9-10-6-7-12(14(15)17-18)13(8-10)19-3/h6-8,11,16,18H,4-5,9H2,1-3H3,(H2,15,17). The third kappa shape index (κ3) is 4.13. The summed E-state index contributed by atoms with van der Waals surface area (Å²) in [4.78, 5) is 0. The lowest BCUT2D eigenvalue weighted by molar-refractivity contribution is 0.318. The van der Waals surface area contributed by atoms with Crippen molar-refractivity contribution in [2.45, 2.75) is 39.3 Å². The van der Waals surface area contributed by atoms with Crippen LogP contribution in [0.3, 0.4) is 0 Å². The van der Waals surface area contributed by atoms with Crippen LogP contribution in [0.15, 0.2) is 23.4 Å². The van der Waals surface area contributed by atoms with Crippen molar-refractivity contribution in [3.63, 3.8) is 0 Å². The second-order valence-electron chi connectivity index (χ2n) is 4.41. The molecule has 0 saturated carbocycles. The van der Waals surface area contributed by atoms with E-state index in [9.17, 15) is 0 Å². The first-order valence-corrected chi connectivity index (χ1v) is 6.54. The fourth-order valence-electron chi connectivity index (χ4n) is 1.95. The highest BCUT2D eigenvalue weighted by Crippen LogP contribution is 2.20. The molecule has 0 atom stereocenters. The van der Waals surface area contributed by atoms with Crippen molar-refractivity contribution in [2.75, 3.05) is 7.11 Å². The number of rotatable bonds is 7. The van der Waals surface area contributed by atoms with Crippen LogP contribution in [-0.2, 0) is 6.54 Å². The molecule has 0 saturated heterocycles. The Kier molecular flexibility index (Phi) is 6.15. The Hall–Kier alpha value is -1.75. The van der Waals surface area contributed by atoms with Crippen LogP contribution < -0.4 is 15.8 Å². The van der Waals surface area contributed by atoms with Crippen molar-refractivity contribution < 1.29 is 9.94 Å². The van der Waals surface area contributed by atoms with Gasteiger partial charge < -0.3 is 21.0 Å². The number of nitrogens with one attached hydrogen (secondary N) is 1. The predicted molar refractivity (Wildman–Crippen MR) is 76.7 cm³/mol. The maximum Gasteiger partial charge on any atom is 0.173 e. The third-order valence-corrected chi connectivity index (χ3v) is 3.23. The molecule has 19 heavy (non-hydrogen) atoms. The summed E-state index contributed by atoms with van der Waals surface area (Å²) in [6.45, 7) is 5.12. The largest absolute Gasteiger partial charge is 0.496 e. The summed E-state index contributed by atoms with van der Waals surface area (Å²) < 4.78 is 5.27. The molecular weight excluding hydrogens is 242 g/mol. The molecule has 0 aromatic heterocycles. The monoisotopic (exact) mass is 265 g/mol. The van der Waals surface area contributed by atoms with Crippen LogP contribution in [0.25, 0.3) is 0 Å². The van der Waals surface area contributed by atoms with E-state index in [2.05, 4.69) is 24.3 Å². The normalized spacial score (nSPS) is 11.9. The van der Waals surface area contributed by atoms with Gasteiger partial charge in [0.2, 0.25) is 0 Å². The van der Waals surface area contributed by atoms with Gasteiger partial charge in [-0.25, -0.2) is 0 Å². The average molecular weight is 265 g/mol. The summed E-state index contributed by atoms with van der Waals surface area (Å²) >= 11 is 0. The zero-order valence-electron chi connectivity index (χ0n) is 11.8. The molecular formula is C14H23N3O2. The van der Waals surface area contributed by atoms with E-state index in [1.165, 1.54) is 0 Å². The molecule has 0 amide bonds. The van der Waals surface area contributed by atoms with Crippen LogP contribution in [0, 0.1) is 0 Å². The van der Waals surface area contributed by atoms with Gasteiger partial charge >= 0.3 is 0 Å². The van der Waals surface area contributed by atoms with Gasteiger partial charge in [0.25, 0.3) is 0 Å². The van der Waals surface area contributed by atoms with Crippen molar-refractivity contribution in [1.29, 1.82) is 0 Å². The maximum absolute atomic E-state index is 8.71. The summed E-state index contributed by atoms with van der Waals surface area (Å²) in [7, 11) is 1.57. The molecule has 0 spiro atoms. The number of ether oxygens (including phenoxy) is 1. The Morgan fingerprint density at radius 2 is 2.11 bits per heavy atom. The van der Waals surface area contributed by atoms with Gasteiger partial charge in [-0.15, -0.1) is 0 Å². The highest BCUT2D eigenvalue weighted by Gasteiger charge is 2.09. The van der Waals surface area contributed by atoms with E-state index in [1.807, 2.05) is 12.1 Å². The van der Waals surface area contributed by atoms with E-state index in [4.69, 9.17) is 15.7 Å². The fourth-order valence-corrected chi connectivity index (χ4v) is 1.95. The Bertz CT molecular complexity index is 429. The first-order chi connectivity index (χ1) is 9.15. The number of nitrogens with two attached hydrogens (primary N) is 1. The summed E-state index contributed by atoms with van der Waals surface area (Å²) in [6.07, 6.45) is 2.21.